The zero-order chi connectivity index (χ0) is 14.5. The summed E-state index contributed by atoms with van der Waals surface area (Å²) in [7, 11) is 0. The smallest absolute Gasteiger partial charge is 0.275 e. The average molecular weight is 310 g/mol. The number of halogens is 1. The number of anilines is 1. The Morgan fingerprint density at radius 3 is 2.90 bits per heavy atom. The van der Waals surface area contributed by atoms with Crippen LogP contribution in [-0.4, -0.2) is 27.2 Å². The molecule has 1 amide bonds. The molecule has 0 aliphatic carbocycles. The highest BCUT2D eigenvalue weighted by atomic mass is 35.5. The SMILES string of the molecule is CSc1ncc(Cl)c(C(=O)Nc2ccccc2CO)n1. The van der Waals surface area contributed by atoms with Crippen molar-refractivity contribution in [2.75, 3.05) is 11.6 Å². The standard InChI is InChI=1S/C13H12ClN3O2S/c1-20-13-15-6-9(14)11(17-13)12(19)16-10-5-3-2-4-8(10)7-18/h2-6,18H,7H2,1H3,(H,16,19). The maximum absolute atomic E-state index is 12.2. The van der Waals surface area contributed by atoms with Gasteiger partial charge in [-0.1, -0.05) is 41.6 Å². The molecular formula is C13H12ClN3O2S. The Labute approximate surface area is 125 Å². The number of nitrogens with one attached hydrogen (secondary N) is 1. The maximum atomic E-state index is 12.2. The third-order valence-corrected chi connectivity index (χ3v) is 3.39. The lowest BCUT2D eigenvalue weighted by Crippen LogP contribution is -2.16. The van der Waals surface area contributed by atoms with Crippen LogP contribution in [0.4, 0.5) is 5.69 Å². The van der Waals surface area contributed by atoms with E-state index in [4.69, 9.17) is 11.6 Å². The molecule has 0 aliphatic rings. The number of aliphatic hydroxyl groups is 1. The van der Waals surface area contributed by atoms with Crippen LogP contribution in [0.25, 0.3) is 0 Å². The predicted molar refractivity (Wildman–Crippen MR) is 79.1 cm³/mol. The van der Waals surface area contributed by atoms with Crippen LogP contribution in [-0.2, 0) is 6.61 Å². The Morgan fingerprint density at radius 2 is 2.20 bits per heavy atom. The summed E-state index contributed by atoms with van der Waals surface area (Å²) in [4.78, 5) is 20.3. The third kappa shape index (κ3) is 3.27. The molecule has 0 saturated heterocycles. The fraction of sp³-hybridized carbons (Fsp3) is 0.154. The maximum Gasteiger partial charge on any atom is 0.275 e. The molecule has 2 rings (SSSR count). The first-order chi connectivity index (χ1) is 9.65. The molecule has 0 atom stereocenters. The zero-order valence-electron chi connectivity index (χ0n) is 10.6. The molecule has 2 N–H and O–H groups in total. The molecule has 0 spiro atoms. The molecule has 0 radical (unpaired) electrons. The minimum atomic E-state index is -0.436. The molecule has 1 aromatic heterocycles. The van der Waals surface area contributed by atoms with Gasteiger partial charge >= 0.3 is 0 Å². The van der Waals surface area contributed by atoms with E-state index in [2.05, 4.69) is 15.3 Å². The minimum absolute atomic E-state index is 0.110. The van der Waals surface area contributed by atoms with Crippen molar-refractivity contribution in [3.05, 3.63) is 46.7 Å². The molecule has 0 fully saturated rings. The summed E-state index contributed by atoms with van der Waals surface area (Å²) >= 11 is 7.27. The lowest BCUT2D eigenvalue weighted by Gasteiger charge is -2.09. The number of nitrogens with zero attached hydrogens (tertiary/aromatic N) is 2. The number of aliphatic hydroxyl groups excluding tert-OH is 1. The summed E-state index contributed by atoms with van der Waals surface area (Å²) < 4.78 is 0. The Morgan fingerprint density at radius 1 is 1.45 bits per heavy atom. The van der Waals surface area contributed by atoms with E-state index in [0.717, 1.165) is 0 Å². The molecule has 7 heteroatoms. The van der Waals surface area contributed by atoms with Crippen LogP contribution < -0.4 is 5.32 Å². The summed E-state index contributed by atoms with van der Waals surface area (Å²) in [5, 5.41) is 12.6. The van der Waals surface area contributed by atoms with Gasteiger partial charge < -0.3 is 10.4 Å². The van der Waals surface area contributed by atoms with E-state index in [1.54, 1.807) is 24.3 Å². The first-order valence-corrected chi connectivity index (χ1v) is 7.32. The van der Waals surface area contributed by atoms with Crippen LogP contribution in [0.15, 0.2) is 35.6 Å². The van der Waals surface area contributed by atoms with Gasteiger partial charge in [0, 0.05) is 11.3 Å². The van der Waals surface area contributed by atoms with E-state index in [1.165, 1.54) is 18.0 Å². The monoisotopic (exact) mass is 309 g/mol. The van der Waals surface area contributed by atoms with Gasteiger partial charge in [-0.05, 0) is 12.3 Å². The first-order valence-electron chi connectivity index (χ1n) is 5.72. The predicted octanol–water partition coefficient (Wildman–Crippen LogP) is 2.60. The van der Waals surface area contributed by atoms with Gasteiger partial charge in [0.1, 0.15) is 0 Å². The molecule has 0 unspecified atom stereocenters. The second-order valence-electron chi connectivity index (χ2n) is 3.82. The third-order valence-electron chi connectivity index (χ3n) is 2.56. The number of carbonyl (C=O) groups excluding carboxylic acids is 1. The van der Waals surface area contributed by atoms with Crippen molar-refractivity contribution in [3.63, 3.8) is 0 Å². The van der Waals surface area contributed by atoms with Gasteiger partial charge in [-0.2, -0.15) is 0 Å². The largest absolute Gasteiger partial charge is 0.392 e. The molecule has 0 saturated carbocycles. The summed E-state index contributed by atoms with van der Waals surface area (Å²) in [6.07, 6.45) is 3.21. The first kappa shape index (κ1) is 14.8. The quantitative estimate of drug-likeness (QED) is 0.670. The zero-order valence-corrected chi connectivity index (χ0v) is 12.2. The fourth-order valence-corrected chi connectivity index (χ4v) is 2.09. The molecule has 0 bridgehead atoms. The number of carbonyl (C=O) groups is 1. The van der Waals surface area contributed by atoms with Gasteiger partial charge in [0.05, 0.1) is 17.8 Å². The molecule has 5 nitrogen and oxygen atoms in total. The Balaban J connectivity index is 2.28. The fourth-order valence-electron chi connectivity index (χ4n) is 1.57. The van der Waals surface area contributed by atoms with E-state index in [-0.39, 0.29) is 17.3 Å². The number of aromatic nitrogens is 2. The molecule has 0 aliphatic heterocycles. The van der Waals surface area contributed by atoms with E-state index in [1.807, 2.05) is 6.26 Å². The second-order valence-corrected chi connectivity index (χ2v) is 5.00. The Hall–Kier alpha value is -1.63. The van der Waals surface area contributed by atoms with Crippen molar-refractivity contribution in [1.29, 1.82) is 0 Å². The van der Waals surface area contributed by atoms with Gasteiger partial charge in [0.25, 0.3) is 5.91 Å². The average Bonchev–Trinajstić information content (AvgIpc) is 2.48. The van der Waals surface area contributed by atoms with Gasteiger partial charge in [-0.25, -0.2) is 9.97 Å². The van der Waals surface area contributed by atoms with Crippen LogP contribution in [0.2, 0.25) is 5.02 Å². The van der Waals surface area contributed by atoms with Crippen LogP contribution in [0.3, 0.4) is 0 Å². The van der Waals surface area contributed by atoms with Crippen molar-refractivity contribution in [2.24, 2.45) is 0 Å². The molecule has 20 heavy (non-hydrogen) atoms. The topological polar surface area (TPSA) is 75.1 Å². The van der Waals surface area contributed by atoms with E-state index >= 15 is 0 Å². The van der Waals surface area contributed by atoms with Crippen LogP contribution in [0.1, 0.15) is 16.1 Å². The highest BCUT2D eigenvalue weighted by molar-refractivity contribution is 7.98. The lowest BCUT2D eigenvalue weighted by atomic mass is 10.2. The molecule has 1 heterocycles. The van der Waals surface area contributed by atoms with Crippen molar-refractivity contribution < 1.29 is 9.90 Å². The van der Waals surface area contributed by atoms with Crippen molar-refractivity contribution in [2.45, 2.75) is 11.8 Å². The van der Waals surface area contributed by atoms with Crippen LogP contribution in [0, 0.1) is 0 Å². The Bertz CT molecular complexity index is 637. The van der Waals surface area contributed by atoms with Gasteiger partial charge in [-0.3, -0.25) is 4.79 Å². The number of hydrogen-bond acceptors (Lipinski definition) is 5. The molecular weight excluding hydrogens is 298 g/mol. The number of amides is 1. The molecule has 2 aromatic rings. The van der Waals surface area contributed by atoms with Crippen LogP contribution >= 0.6 is 23.4 Å². The van der Waals surface area contributed by atoms with Crippen molar-refractivity contribution in [3.8, 4) is 0 Å². The highest BCUT2D eigenvalue weighted by Gasteiger charge is 2.15. The van der Waals surface area contributed by atoms with E-state index < -0.39 is 5.91 Å². The number of thioether (sulfide) groups is 1. The summed E-state index contributed by atoms with van der Waals surface area (Å²) in [6, 6.07) is 6.98. The normalized spacial score (nSPS) is 10.3. The van der Waals surface area contributed by atoms with Gasteiger partial charge in [0.15, 0.2) is 10.9 Å². The number of para-hydroxylation sites is 1. The van der Waals surface area contributed by atoms with Gasteiger partial charge in [-0.15, -0.1) is 0 Å². The van der Waals surface area contributed by atoms with E-state index in [9.17, 15) is 9.90 Å². The molecule has 104 valence electrons. The number of rotatable bonds is 4. The number of benzene rings is 1. The second kappa shape index (κ2) is 6.69. The van der Waals surface area contributed by atoms with Crippen molar-refractivity contribution in [1.82, 2.24) is 9.97 Å². The highest BCUT2D eigenvalue weighted by Crippen LogP contribution is 2.20. The summed E-state index contributed by atoms with van der Waals surface area (Å²) in [5.41, 5.74) is 1.26. The lowest BCUT2D eigenvalue weighted by molar-refractivity contribution is 0.102. The minimum Gasteiger partial charge on any atom is -0.392 e. The van der Waals surface area contributed by atoms with Gasteiger partial charge in [0.2, 0.25) is 0 Å². The summed E-state index contributed by atoms with van der Waals surface area (Å²) in [6.45, 7) is -0.163. The Kier molecular flexibility index (Phi) is 4.94. The van der Waals surface area contributed by atoms with E-state index in [0.29, 0.717) is 16.4 Å². The van der Waals surface area contributed by atoms with Crippen molar-refractivity contribution >= 4 is 35.0 Å². The van der Waals surface area contributed by atoms with Crippen LogP contribution in [0.5, 0.6) is 0 Å². The molecule has 1 aromatic carbocycles. The summed E-state index contributed by atoms with van der Waals surface area (Å²) in [5.74, 6) is -0.436. The number of hydrogen-bond donors (Lipinski definition) is 2.